The molecular formula is C28H39N7O6S. The normalized spacial score (nSPS) is 17.4. The molecule has 13 nitrogen and oxygen atoms in total. The van der Waals surface area contributed by atoms with Gasteiger partial charge in [-0.2, -0.15) is 4.98 Å². The van der Waals surface area contributed by atoms with E-state index in [2.05, 4.69) is 20.6 Å². The van der Waals surface area contributed by atoms with Crippen LogP contribution in [-0.2, 0) is 24.2 Å². The van der Waals surface area contributed by atoms with Crippen LogP contribution in [-0.4, -0.2) is 85.8 Å². The number of carbonyl (C=O) groups excluding carboxylic acids is 3. The highest BCUT2D eigenvalue weighted by Crippen LogP contribution is 2.33. The highest BCUT2D eigenvalue weighted by atomic mass is 32.2. The fourth-order valence-corrected chi connectivity index (χ4v) is 5.50. The molecule has 0 spiro atoms. The van der Waals surface area contributed by atoms with Gasteiger partial charge >= 0.3 is 6.09 Å². The van der Waals surface area contributed by atoms with Crippen molar-refractivity contribution in [1.82, 2.24) is 14.9 Å². The van der Waals surface area contributed by atoms with Crippen LogP contribution < -0.4 is 20.4 Å². The number of hydrogen-bond acceptors (Lipinski definition) is 10. The summed E-state index contributed by atoms with van der Waals surface area (Å²) in [6.45, 7) is 10.4. The average Bonchev–Trinajstić information content (AvgIpc) is 3.33. The zero-order valence-corrected chi connectivity index (χ0v) is 25.9. The van der Waals surface area contributed by atoms with E-state index in [1.807, 2.05) is 18.7 Å². The van der Waals surface area contributed by atoms with Crippen LogP contribution in [0.4, 0.5) is 33.6 Å². The zero-order valence-electron chi connectivity index (χ0n) is 25.1. The first kappa shape index (κ1) is 31.0. The molecule has 3 amide bonds. The van der Waals surface area contributed by atoms with Crippen LogP contribution in [0.3, 0.4) is 0 Å². The molecule has 0 bridgehead atoms. The van der Waals surface area contributed by atoms with Gasteiger partial charge in [0.15, 0.2) is 15.7 Å². The molecule has 1 saturated heterocycles. The van der Waals surface area contributed by atoms with Crippen molar-refractivity contribution >= 4 is 56.6 Å². The quantitative estimate of drug-likeness (QED) is 0.483. The van der Waals surface area contributed by atoms with Gasteiger partial charge in [-0.1, -0.05) is 0 Å². The summed E-state index contributed by atoms with van der Waals surface area (Å²) >= 11 is 0. The summed E-state index contributed by atoms with van der Waals surface area (Å²) < 4.78 is 30.4. The lowest BCUT2D eigenvalue weighted by atomic mass is 10.0. The number of amides is 3. The van der Waals surface area contributed by atoms with Gasteiger partial charge in [-0.15, -0.1) is 0 Å². The van der Waals surface area contributed by atoms with Crippen molar-refractivity contribution in [3.8, 4) is 0 Å². The first-order valence-electron chi connectivity index (χ1n) is 13.8. The Kier molecular flexibility index (Phi) is 8.67. The lowest BCUT2D eigenvalue weighted by Crippen LogP contribution is -2.47. The molecule has 1 aromatic heterocycles. The van der Waals surface area contributed by atoms with Gasteiger partial charge in [-0.25, -0.2) is 18.2 Å². The third kappa shape index (κ3) is 7.46. The molecular weight excluding hydrogens is 562 g/mol. The Labute approximate surface area is 246 Å². The molecule has 0 aliphatic carbocycles. The van der Waals surface area contributed by atoms with E-state index in [1.54, 1.807) is 45.0 Å². The predicted molar refractivity (Wildman–Crippen MR) is 160 cm³/mol. The van der Waals surface area contributed by atoms with Gasteiger partial charge in [0.25, 0.3) is 0 Å². The first-order valence-corrected chi connectivity index (χ1v) is 15.7. The summed E-state index contributed by atoms with van der Waals surface area (Å²) in [7, 11) is -1.95. The van der Waals surface area contributed by atoms with Gasteiger partial charge in [0.2, 0.25) is 17.8 Å². The van der Waals surface area contributed by atoms with Crippen molar-refractivity contribution < 1.29 is 27.5 Å². The summed E-state index contributed by atoms with van der Waals surface area (Å²) in [6, 6.07) is 4.46. The molecule has 0 radical (unpaired) electrons. The highest BCUT2D eigenvalue weighted by Gasteiger charge is 2.32. The van der Waals surface area contributed by atoms with Gasteiger partial charge in [0.1, 0.15) is 11.3 Å². The Morgan fingerprint density at radius 1 is 1.17 bits per heavy atom. The Bertz CT molecular complexity index is 1490. The second-order valence-electron chi connectivity index (χ2n) is 12.1. The van der Waals surface area contributed by atoms with E-state index in [1.165, 1.54) is 17.0 Å². The fraction of sp³-hybridized carbons (Fsp3) is 0.536. The number of carbonyl (C=O) groups is 3. The van der Waals surface area contributed by atoms with E-state index in [0.717, 1.165) is 6.26 Å². The maximum absolute atomic E-state index is 12.9. The fourth-order valence-electron chi connectivity index (χ4n) is 4.82. The topological polar surface area (TPSA) is 154 Å². The number of anilines is 5. The number of rotatable bonds is 7. The number of benzene rings is 1. The predicted octanol–water partition coefficient (Wildman–Crippen LogP) is 3.40. The summed E-state index contributed by atoms with van der Waals surface area (Å²) in [5.41, 5.74) is 0.623. The van der Waals surface area contributed by atoms with Crippen molar-refractivity contribution in [2.24, 2.45) is 5.92 Å². The average molecular weight is 602 g/mol. The molecule has 0 saturated carbocycles. The van der Waals surface area contributed by atoms with E-state index >= 15 is 0 Å². The van der Waals surface area contributed by atoms with Crippen LogP contribution in [0.5, 0.6) is 0 Å². The molecule has 1 atom stereocenters. The molecule has 4 rings (SSSR count). The van der Waals surface area contributed by atoms with Crippen molar-refractivity contribution in [1.29, 1.82) is 0 Å². The van der Waals surface area contributed by atoms with E-state index in [4.69, 9.17) is 4.74 Å². The second-order valence-corrected chi connectivity index (χ2v) is 14.1. The Morgan fingerprint density at radius 2 is 1.86 bits per heavy atom. The van der Waals surface area contributed by atoms with Crippen molar-refractivity contribution in [2.75, 3.05) is 53.4 Å². The number of hydrogen-bond donors (Lipinski definition) is 2. The largest absolute Gasteiger partial charge is 0.444 e. The number of likely N-dealkylation sites (tertiary alicyclic amines) is 1. The summed E-state index contributed by atoms with van der Waals surface area (Å²) in [4.78, 5) is 51.7. The van der Waals surface area contributed by atoms with Crippen LogP contribution in [0.25, 0.3) is 0 Å². The smallest absolute Gasteiger partial charge is 0.410 e. The van der Waals surface area contributed by atoms with Gasteiger partial charge in [-0.05, 0) is 65.2 Å². The number of fused-ring (bicyclic) bond motifs is 1. The van der Waals surface area contributed by atoms with Gasteiger partial charge in [0, 0.05) is 50.2 Å². The first-order chi connectivity index (χ1) is 19.5. The molecule has 3 heterocycles. The van der Waals surface area contributed by atoms with E-state index in [-0.39, 0.29) is 47.6 Å². The number of likely N-dealkylation sites (N-methyl/N-ethyl adjacent to an activating group) is 1. The molecule has 2 aromatic rings. The third-order valence-electron chi connectivity index (χ3n) is 6.97. The van der Waals surface area contributed by atoms with Crippen molar-refractivity contribution in [3.05, 3.63) is 24.4 Å². The lowest BCUT2D eigenvalue weighted by Gasteiger charge is -2.36. The Balaban J connectivity index is 1.50. The highest BCUT2D eigenvalue weighted by molar-refractivity contribution is 7.90. The minimum atomic E-state index is -3.62. The zero-order chi connectivity index (χ0) is 31.0. The van der Waals surface area contributed by atoms with Crippen LogP contribution in [0, 0.1) is 5.92 Å². The Morgan fingerprint density at radius 3 is 2.50 bits per heavy atom. The molecule has 2 N–H and O–H groups in total. The number of ether oxygens (including phenoxy) is 1. The monoisotopic (exact) mass is 601 g/mol. The van der Waals surface area contributed by atoms with Crippen LogP contribution in [0.1, 0.15) is 47.5 Å². The molecule has 2 aliphatic rings. The number of sulfone groups is 1. The lowest BCUT2D eigenvalue weighted by molar-refractivity contribution is -0.118. The number of nitrogens with one attached hydrogen (secondary N) is 2. The van der Waals surface area contributed by atoms with E-state index < -0.39 is 21.5 Å². The SMILES string of the molecule is CC(C)N1CC(=O)N(C)c2cnc(Nc3cc(NC(=O)CC4CCN(C(=O)OC(C)(C)C)C4)cc(S(C)(=O)=O)c3)nc21. The van der Waals surface area contributed by atoms with Crippen molar-refractivity contribution in [3.63, 3.8) is 0 Å². The third-order valence-corrected chi connectivity index (χ3v) is 8.06. The molecule has 228 valence electrons. The molecule has 1 unspecified atom stereocenters. The van der Waals surface area contributed by atoms with Crippen LogP contribution in [0.15, 0.2) is 29.3 Å². The number of aromatic nitrogens is 2. The summed E-state index contributed by atoms with van der Waals surface area (Å²) in [6.07, 6.45) is 3.05. The van der Waals surface area contributed by atoms with Gasteiger partial charge < -0.3 is 30.1 Å². The molecule has 1 aromatic carbocycles. The molecule has 1 fully saturated rings. The summed E-state index contributed by atoms with van der Waals surface area (Å²) in [5, 5.41) is 5.85. The van der Waals surface area contributed by atoms with Gasteiger partial charge in [-0.3, -0.25) is 9.59 Å². The summed E-state index contributed by atoms with van der Waals surface area (Å²) in [5.74, 6) is 0.364. The maximum atomic E-state index is 12.9. The maximum Gasteiger partial charge on any atom is 0.410 e. The minimum absolute atomic E-state index is 0.00636. The minimum Gasteiger partial charge on any atom is -0.444 e. The molecule has 2 aliphatic heterocycles. The van der Waals surface area contributed by atoms with Gasteiger partial charge in [0.05, 0.1) is 17.6 Å². The van der Waals surface area contributed by atoms with E-state index in [9.17, 15) is 22.8 Å². The molecule has 42 heavy (non-hydrogen) atoms. The molecule has 14 heteroatoms. The van der Waals surface area contributed by atoms with Crippen LogP contribution in [0.2, 0.25) is 0 Å². The van der Waals surface area contributed by atoms with Crippen molar-refractivity contribution in [2.45, 2.75) is 64.0 Å². The van der Waals surface area contributed by atoms with E-state index in [0.29, 0.717) is 42.4 Å². The van der Waals surface area contributed by atoms with Crippen LogP contribution >= 0.6 is 0 Å². The second kappa shape index (κ2) is 11.7. The Hall–Kier alpha value is -3.94. The standard InChI is InChI=1S/C28H39N7O6S/c1-17(2)35-16-24(37)33(6)22-14-29-26(32-25(22)35)31-20-11-19(12-21(13-20)42(7,39)40)30-23(36)10-18-8-9-34(15-18)27(38)41-28(3,4)5/h11-14,17-18H,8-10,15-16H2,1-7H3,(H,30,36)(H,29,31,32). The number of nitrogens with zero attached hydrogens (tertiary/aromatic N) is 5.